The summed E-state index contributed by atoms with van der Waals surface area (Å²) in [6.07, 6.45) is 2.23. The minimum absolute atomic E-state index is 0.0457. The zero-order valence-corrected chi connectivity index (χ0v) is 9.42. The third-order valence-electron chi connectivity index (χ3n) is 2.64. The largest absolute Gasteiger partial charge is 0.399 e. The quantitative estimate of drug-likeness (QED) is 0.668. The van der Waals surface area contributed by atoms with Gasteiger partial charge in [0.15, 0.2) is 0 Å². The van der Waals surface area contributed by atoms with Crippen LogP contribution in [0.4, 0.5) is 11.4 Å². The predicted molar refractivity (Wildman–Crippen MR) is 65.2 cm³/mol. The van der Waals surface area contributed by atoms with Crippen LogP contribution in [0.1, 0.15) is 18.4 Å². The normalized spacial score (nSPS) is 14.6. The van der Waals surface area contributed by atoms with Crippen LogP contribution in [0.2, 0.25) is 0 Å². The van der Waals surface area contributed by atoms with E-state index in [0.717, 1.165) is 24.1 Å². The molecule has 1 aromatic carbocycles. The summed E-state index contributed by atoms with van der Waals surface area (Å²) in [6.45, 7) is 2.29. The molecule has 1 amide bonds. The van der Waals surface area contributed by atoms with E-state index in [2.05, 4.69) is 10.6 Å². The number of anilines is 2. The Hall–Kier alpha value is -1.71. The average Bonchev–Trinajstić information content (AvgIpc) is 3.03. The van der Waals surface area contributed by atoms with E-state index in [1.54, 1.807) is 0 Å². The molecule has 86 valence electrons. The monoisotopic (exact) mass is 219 g/mol. The van der Waals surface area contributed by atoms with Crippen molar-refractivity contribution in [2.45, 2.75) is 25.8 Å². The molecule has 0 radical (unpaired) electrons. The number of carbonyl (C=O) groups is 1. The third kappa shape index (κ3) is 2.89. The van der Waals surface area contributed by atoms with Crippen LogP contribution in [0.15, 0.2) is 18.2 Å². The molecule has 2 rings (SSSR count). The molecular formula is C12H17N3O. The van der Waals surface area contributed by atoms with Crippen LogP contribution in [0.5, 0.6) is 0 Å². The fraction of sp³-hybridized carbons (Fsp3) is 0.417. The Balaban J connectivity index is 1.87. The van der Waals surface area contributed by atoms with Gasteiger partial charge < -0.3 is 16.4 Å². The Morgan fingerprint density at radius 2 is 2.25 bits per heavy atom. The lowest BCUT2D eigenvalue weighted by Crippen LogP contribution is -2.31. The van der Waals surface area contributed by atoms with Crippen LogP contribution < -0.4 is 16.4 Å². The molecule has 4 nitrogen and oxygen atoms in total. The highest BCUT2D eigenvalue weighted by Gasteiger charge is 2.22. The van der Waals surface area contributed by atoms with E-state index in [9.17, 15) is 4.79 Å². The topological polar surface area (TPSA) is 67.1 Å². The SMILES string of the molecule is Cc1ccc(N)cc1NCC(=O)NC1CC1. The summed E-state index contributed by atoms with van der Waals surface area (Å²) in [4.78, 5) is 11.5. The van der Waals surface area contributed by atoms with Crippen molar-refractivity contribution >= 4 is 17.3 Å². The molecule has 0 aliphatic heterocycles. The van der Waals surface area contributed by atoms with Gasteiger partial charge in [-0.2, -0.15) is 0 Å². The van der Waals surface area contributed by atoms with Gasteiger partial charge in [0.2, 0.25) is 5.91 Å². The zero-order valence-electron chi connectivity index (χ0n) is 9.42. The Morgan fingerprint density at radius 3 is 2.94 bits per heavy atom. The number of hydrogen-bond acceptors (Lipinski definition) is 3. The second-order valence-electron chi connectivity index (χ2n) is 4.27. The number of aryl methyl sites for hydroxylation is 1. The van der Waals surface area contributed by atoms with Crippen molar-refractivity contribution in [2.24, 2.45) is 0 Å². The smallest absolute Gasteiger partial charge is 0.239 e. The van der Waals surface area contributed by atoms with E-state index in [1.165, 1.54) is 0 Å². The van der Waals surface area contributed by atoms with Gasteiger partial charge >= 0.3 is 0 Å². The number of nitrogens with two attached hydrogens (primary N) is 1. The number of nitrogens with one attached hydrogen (secondary N) is 2. The van der Waals surface area contributed by atoms with Gasteiger partial charge in [-0.3, -0.25) is 4.79 Å². The molecule has 0 atom stereocenters. The summed E-state index contributed by atoms with van der Waals surface area (Å²) < 4.78 is 0. The number of hydrogen-bond donors (Lipinski definition) is 3. The molecule has 0 aromatic heterocycles. The third-order valence-corrected chi connectivity index (χ3v) is 2.64. The Morgan fingerprint density at radius 1 is 1.50 bits per heavy atom. The van der Waals surface area contributed by atoms with Gasteiger partial charge in [0, 0.05) is 17.4 Å². The average molecular weight is 219 g/mol. The summed E-state index contributed by atoms with van der Waals surface area (Å²) in [7, 11) is 0. The van der Waals surface area contributed by atoms with E-state index in [0.29, 0.717) is 18.3 Å². The van der Waals surface area contributed by atoms with Gasteiger partial charge in [-0.1, -0.05) is 6.07 Å². The van der Waals surface area contributed by atoms with Crippen LogP contribution in [-0.2, 0) is 4.79 Å². The molecule has 1 saturated carbocycles. The van der Waals surface area contributed by atoms with Crippen LogP contribution >= 0.6 is 0 Å². The molecule has 1 fully saturated rings. The summed E-state index contributed by atoms with van der Waals surface area (Å²) in [6, 6.07) is 6.05. The molecule has 16 heavy (non-hydrogen) atoms. The summed E-state index contributed by atoms with van der Waals surface area (Å²) >= 11 is 0. The highest BCUT2D eigenvalue weighted by Crippen LogP contribution is 2.19. The van der Waals surface area contributed by atoms with Crippen molar-refractivity contribution in [2.75, 3.05) is 17.6 Å². The first-order valence-electron chi connectivity index (χ1n) is 5.54. The van der Waals surface area contributed by atoms with Gasteiger partial charge in [-0.25, -0.2) is 0 Å². The van der Waals surface area contributed by atoms with Crippen molar-refractivity contribution in [3.05, 3.63) is 23.8 Å². The van der Waals surface area contributed by atoms with E-state index in [4.69, 9.17) is 5.73 Å². The van der Waals surface area contributed by atoms with Crippen molar-refractivity contribution in [1.29, 1.82) is 0 Å². The minimum atomic E-state index is 0.0457. The van der Waals surface area contributed by atoms with Crippen LogP contribution in [0.3, 0.4) is 0 Å². The van der Waals surface area contributed by atoms with Crippen LogP contribution in [0.25, 0.3) is 0 Å². The Labute approximate surface area is 95.2 Å². The standard InChI is InChI=1S/C12H17N3O/c1-8-2-3-9(13)6-11(8)14-7-12(16)15-10-4-5-10/h2-3,6,10,14H,4-5,7,13H2,1H3,(H,15,16). The van der Waals surface area contributed by atoms with E-state index < -0.39 is 0 Å². The molecule has 1 aromatic rings. The maximum Gasteiger partial charge on any atom is 0.239 e. The van der Waals surface area contributed by atoms with Gasteiger partial charge in [0.25, 0.3) is 0 Å². The van der Waals surface area contributed by atoms with Crippen molar-refractivity contribution in [3.63, 3.8) is 0 Å². The number of amides is 1. The number of rotatable bonds is 4. The summed E-state index contributed by atoms with van der Waals surface area (Å²) in [5.74, 6) is 0.0457. The Kier molecular flexibility index (Phi) is 2.99. The second kappa shape index (κ2) is 4.43. The number of nitrogen functional groups attached to an aromatic ring is 1. The number of carbonyl (C=O) groups excluding carboxylic acids is 1. The lowest BCUT2D eigenvalue weighted by atomic mass is 10.2. The zero-order chi connectivity index (χ0) is 11.5. The molecule has 0 heterocycles. The highest BCUT2D eigenvalue weighted by molar-refractivity contribution is 5.81. The lowest BCUT2D eigenvalue weighted by molar-refractivity contribution is -0.119. The molecular weight excluding hydrogens is 202 g/mol. The van der Waals surface area contributed by atoms with Crippen LogP contribution in [-0.4, -0.2) is 18.5 Å². The maximum absolute atomic E-state index is 11.5. The van der Waals surface area contributed by atoms with Crippen molar-refractivity contribution in [3.8, 4) is 0 Å². The van der Waals surface area contributed by atoms with Gasteiger partial charge in [-0.15, -0.1) is 0 Å². The van der Waals surface area contributed by atoms with E-state index in [-0.39, 0.29) is 5.91 Å². The molecule has 1 aliphatic rings. The molecule has 1 aliphatic carbocycles. The molecule has 0 unspecified atom stereocenters. The maximum atomic E-state index is 11.5. The summed E-state index contributed by atoms with van der Waals surface area (Å²) in [5, 5.41) is 6.02. The first kappa shape index (κ1) is 10.8. The molecule has 4 heteroatoms. The van der Waals surface area contributed by atoms with Crippen LogP contribution in [0, 0.1) is 6.92 Å². The molecule has 0 bridgehead atoms. The lowest BCUT2D eigenvalue weighted by Gasteiger charge is -2.10. The van der Waals surface area contributed by atoms with E-state index >= 15 is 0 Å². The highest BCUT2D eigenvalue weighted by atomic mass is 16.2. The van der Waals surface area contributed by atoms with E-state index in [1.807, 2.05) is 25.1 Å². The summed E-state index contributed by atoms with van der Waals surface area (Å²) in [5.41, 5.74) is 8.40. The fourth-order valence-corrected chi connectivity index (χ4v) is 1.51. The first-order valence-corrected chi connectivity index (χ1v) is 5.54. The first-order chi connectivity index (χ1) is 7.65. The molecule has 0 spiro atoms. The van der Waals surface area contributed by atoms with Gasteiger partial charge in [0.1, 0.15) is 0 Å². The fourth-order valence-electron chi connectivity index (χ4n) is 1.51. The number of benzene rings is 1. The van der Waals surface area contributed by atoms with Crippen molar-refractivity contribution < 1.29 is 4.79 Å². The Bertz CT molecular complexity index is 399. The van der Waals surface area contributed by atoms with Crippen molar-refractivity contribution in [1.82, 2.24) is 5.32 Å². The predicted octanol–water partition coefficient (Wildman–Crippen LogP) is 1.27. The molecule has 0 saturated heterocycles. The molecule has 4 N–H and O–H groups in total. The van der Waals surface area contributed by atoms with Gasteiger partial charge in [-0.05, 0) is 37.5 Å². The van der Waals surface area contributed by atoms with Gasteiger partial charge in [0.05, 0.1) is 6.54 Å². The second-order valence-corrected chi connectivity index (χ2v) is 4.27. The minimum Gasteiger partial charge on any atom is -0.399 e.